The van der Waals surface area contributed by atoms with Crippen molar-refractivity contribution in [3.63, 3.8) is 0 Å². The molecule has 10 heteroatoms. The van der Waals surface area contributed by atoms with Crippen LogP contribution in [-0.2, 0) is 10.9 Å². The second-order valence-corrected chi connectivity index (χ2v) is 6.51. The third kappa shape index (κ3) is 4.91. The lowest BCUT2D eigenvalue weighted by Gasteiger charge is -2.19. The molecule has 2 fully saturated rings. The smallest absolute Gasteiger partial charge is 0.376 e. The Labute approximate surface area is 149 Å². The van der Waals surface area contributed by atoms with Gasteiger partial charge in [0.05, 0.1) is 6.10 Å². The number of halogens is 3. The number of ether oxygens (including phenoxy) is 1. The number of hydrogen-bond acceptors (Lipinski definition) is 5. The Kier molecular flexibility index (Phi) is 5.57. The minimum absolute atomic E-state index is 0.0716. The van der Waals surface area contributed by atoms with Crippen LogP contribution in [0, 0.1) is 0 Å². The molecule has 3 heterocycles. The third-order valence-electron chi connectivity index (χ3n) is 4.17. The first-order valence-electron chi connectivity index (χ1n) is 8.29. The van der Waals surface area contributed by atoms with Crippen molar-refractivity contribution in [1.82, 2.24) is 15.3 Å². The van der Waals surface area contributed by atoms with Crippen molar-refractivity contribution < 1.29 is 17.9 Å². The molecule has 0 aliphatic carbocycles. The monoisotopic (exact) mass is 375 g/mol. The molecule has 2 aliphatic rings. The number of anilines is 2. The predicted octanol–water partition coefficient (Wildman–Crippen LogP) is 2.56. The van der Waals surface area contributed by atoms with Crippen molar-refractivity contribution in [3.05, 3.63) is 11.8 Å². The van der Waals surface area contributed by atoms with Crippen molar-refractivity contribution in [2.75, 3.05) is 36.5 Å². The molecule has 0 spiro atoms. The Hall–Kier alpha value is -1.68. The molecule has 0 bridgehead atoms. The molecule has 0 amide bonds. The van der Waals surface area contributed by atoms with Gasteiger partial charge in [-0.05, 0) is 37.9 Å². The molecule has 2 aliphatic heterocycles. The fraction of sp³-hybridized carbons (Fsp3) is 0.667. The molecule has 138 valence electrons. The number of nitrogens with zero attached hydrogens (tertiary/aromatic N) is 3. The molecule has 25 heavy (non-hydrogen) atoms. The summed E-state index contributed by atoms with van der Waals surface area (Å²) in [5.41, 5.74) is -0.978. The molecule has 1 aromatic rings. The Morgan fingerprint density at radius 1 is 1.28 bits per heavy atom. The van der Waals surface area contributed by atoms with Gasteiger partial charge in [-0.3, -0.25) is 0 Å². The average Bonchev–Trinajstić information content (AvgIpc) is 3.25. The van der Waals surface area contributed by atoms with Gasteiger partial charge in [-0.1, -0.05) is 0 Å². The van der Waals surface area contributed by atoms with Gasteiger partial charge in [-0.25, -0.2) is 4.98 Å². The van der Waals surface area contributed by atoms with Gasteiger partial charge in [-0.15, -0.1) is 0 Å². The summed E-state index contributed by atoms with van der Waals surface area (Å²) in [7, 11) is 0. The summed E-state index contributed by atoms with van der Waals surface area (Å²) in [6.07, 6.45) is -0.648. The van der Waals surface area contributed by atoms with Crippen molar-refractivity contribution in [2.24, 2.45) is 0 Å². The Morgan fingerprint density at radius 2 is 2.04 bits per heavy atom. The SMILES string of the molecule is FC(F)(F)c1cc(N2CCCC2)nc(NC(=S)NC[C@H]2CCCO2)n1. The van der Waals surface area contributed by atoms with Crippen LogP contribution in [0.25, 0.3) is 0 Å². The van der Waals surface area contributed by atoms with E-state index in [1.165, 1.54) is 0 Å². The molecular weight excluding hydrogens is 355 g/mol. The fourth-order valence-corrected chi connectivity index (χ4v) is 3.08. The maximum Gasteiger partial charge on any atom is 0.433 e. The highest BCUT2D eigenvalue weighted by atomic mass is 32.1. The maximum absolute atomic E-state index is 13.1. The highest BCUT2D eigenvalue weighted by Crippen LogP contribution is 2.31. The quantitative estimate of drug-likeness (QED) is 0.784. The molecule has 0 unspecified atom stereocenters. The standard InChI is InChI=1S/C15H20F3N5OS/c16-15(17,18)11-8-12(23-5-1-2-6-23)21-13(20-11)22-14(25)19-9-10-4-3-7-24-10/h8,10H,1-7,9H2,(H2,19,20,21,22,25)/t10-/m1/s1. The third-order valence-corrected chi connectivity index (χ3v) is 4.42. The lowest BCUT2D eigenvalue weighted by molar-refractivity contribution is -0.141. The van der Waals surface area contributed by atoms with Crippen LogP contribution in [0.15, 0.2) is 6.07 Å². The summed E-state index contributed by atoms with van der Waals surface area (Å²) < 4.78 is 44.8. The Bertz CT molecular complexity index is 616. The van der Waals surface area contributed by atoms with E-state index >= 15 is 0 Å². The summed E-state index contributed by atoms with van der Waals surface area (Å²) >= 11 is 5.13. The summed E-state index contributed by atoms with van der Waals surface area (Å²) in [5.74, 6) is 0.116. The van der Waals surface area contributed by atoms with E-state index < -0.39 is 11.9 Å². The van der Waals surface area contributed by atoms with E-state index in [0.29, 0.717) is 19.6 Å². The van der Waals surface area contributed by atoms with Crippen LogP contribution in [0.4, 0.5) is 24.9 Å². The summed E-state index contributed by atoms with van der Waals surface area (Å²) in [5, 5.41) is 5.78. The van der Waals surface area contributed by atoms with Crippen LogP contribution in [0.5, 0.6) is 0 Å². The molecule has 6 nitrogen and oxygen atoms in total. The first kappa shape index (κ1) is 18.1. The van der Waals surface area contributed by atoms with E-state index in [4.69, 9.17) is 17.0 Å². The first-order chi connectivity index (χ1) is 11.9. The van der Waals surface area contributed by atoms with E-state index in [1.807, 2.05) is 4.90 Å². The van der Waals surface area contributed by atoms with E-state index in [0.717, 1.165) is 38.4 Å². The van der Waals surface area contributed by atoms with Gasteiger partial charge in [0.15, 0.2) is 10.8 Å². The van der Waals surface area contributed by atoms with Crippen LogP contribution in [0.1, 0.15) is 31.4 Å². The minimum Gasteiger partial charge on any atom is -0.376 e. The molecular formula is C15H20F3N5OS. The van der Waals surface area contributed by atoms with E-state index in [2.05, 4.69) is 20.6 Å². The van der Waals surface area contributed by atoms with Gasteiger partial charge in [0.2, 0.25) is 5.95 Å². The molecule has 1 aromatic heterocycles. The second kappa shape index (κ2) is 7.69. The number of alkyl halides is 3. The molecule has 2 saturated heterocycles. The van der Waals surface area contributed by atoms with Gasteiger partial charge in [0, 0.05) is 32.3 Å². The fourth-order valence-electron chi connectivity index (χ4n) is 2.90. The summed E-state index contributed by atoms with van der Waals surface area (Å²) in [4.78, 5) is 9.58. The topological polar surface area (TPSA) is 62.3 Å². The predicted molar refractivity (Wildman–Crippen MR) is 91.7 cm³/mol. The molecule has 0 aromatic carbocycles. The van der Waals surface area contributed by atoms with Gasteiger partial charge < -0.3 is 20.3 Å². The van der Waals surface area contributed by atoms with Crippen molar-refractivity contribution in [1.29, 1.82) is 0 Å². The van der Waals surface area contributed by atoms with Crippen LogP contribution in [0.3, 0.4) is 0 Å². The highest BCUT2D eigenvalue weighted by Gasteiger charge is 2.34. The number of nitrogens with one attached hydrogen (secondary N) is 2. The van der Waals surface area contributed by atoms with Crippen LogP contribution in [-0.4, -0.2) is 47.4 Å². The lowest BCUT2D eigenvalue weighted by atomic mass is 10.2. The number of aromatic nitrogens is 2. The maximum atomic E-state index is 13.1. The van der Waals surface area contributed by atoms with E-state index in [9.17, 15) is 13.2 Å². The molecule has 0 radical (unpaired) electrons. The zero-order chi connectivity index (χ0) is 17.9. The Balaban J connectivity index is 1.70. The van der Waals surface area contributed by atoms with Crippen molar-refractivity contribution in [2.45, 2.75) is 38.0 Å². The van der Waals surface area contributed by atoms with E-state index in [1.54, 1.807) is 0 Å². The molecule has 1 atom stereocenters. The van der Waals surface area contributed by atoms with Crippen LogP contribution >= 0.6 is 12.2 Å². The molecule has 3 rings (SSSR count). The molecule has 0 saturated carbocycles. The number of thiocarbonyl (C=S) groups is 1. The van der Waals surface area contributed by atoms with Crippen molar-refractivity contribution in [3.8, 4) is 0 Å². The molecule has 2 N–H and O–H groups in total. The van der Waals surface area contributed by atoms with Gasteiger partial charge in [0.1, 0.15) is 5.82 Å². The second-order valence-electron chi connectivity index (χ2n) is 6.10. The van der Waals surface area contributed by atoms with Crippen LogP contribution < -0.4 is 15.5 Å². The largest absolute Gasteiger partial charge is 0.433 e. The lowest BCUT2D eigenvalue weighted by Crippen LogP contribution is -2.35. The van der Waals surface area contributed by atoms with Gasteiger partial charge >= 0.3 is 6.18 Å². The number of hydrogen-bond donors (Lipinski definition) is 2. The Morgan fingerprint density at radius 3 is 2.68 bits per heavy atom. The van der Waals surface area contributed by atoms with Gasteiger partial charge in [-0.2, -0.15) is 18.2 Å². The highest BCUT2D eigenvalue weighted by molar-refractivity contribution is 7.80. The zero-order valence-electron chi connectivity index (χ0n) is 13.6. The van der Waals surface area contributed by atoms with Gasteiger partial charge in [0.25, 0.3) is 0 Å². The average molecular weight is 375 g/mol. The summed E-state index contributed by atoms with van der Waals surface area (Å²) in [6.45, 7) is 2.61. The number of rotatable bonds is 4. The van der Waals surface area contributed by atoms with Crippen LogP contribution in [0.2, 0.25) is 0 Å². The zero-order valence-corrected chi connectivity index (χ0v) is 14.4. The summed E-state index contributed by atoms with van der Waals surface area (Å²) in [6, 6.07) is 0.985. The van der Waals surface area contributed by atoms with Crippen molar-refractivity contribution >= 4 is 29.1 Å². The minimum atomic E-state index is -4.54. The van der Waals surface area contributed by atoms with E-state index in [-0.39, 0.29) is 23.0 Å². The first-order valence-corrected chi connectivity index (χ1v) is 8.70. The normalized spacial score (nSPS) is 20.8.